The van der Waals surface area contributed by atoms with Crippen molar-refractivity contribution in [2.24, 2.45) is 7.05 Å². The van der Waals surface area contributed by atoms with E-state index in [0.29, 0.717) is 18.7 Å². The van der Waals surface area contributed by atoms with Crippen molar-refractivity contribution in [1.29, 1.82) is 0 Å². The Morgan fingerprint density at radius 1 is 1.32 bits per heavy atom. The van der Waals surface area contributed by atoms with E-state index in [1.165, 1.54) is 5.69 Å². The van der Waals surface area contributed by atoms with Gasteiger partial charge in [-0.25, -0.2) is 0 Å². The van der Waals surface area contributed by atoms with Gasteiger partial charge in [-0.05, 0) is 17.4 Å². The Balaban J connectivity index is 1.46. The van der Waals surface area contributed by atoms with Gasteiger partial charge in [-0.3, -0.25) is 14.5 Å². The second-order valence-corrected chi connectivity index (χ2v) is 6.39. The van der Waals surface area contributed by atoms with Gasteiger partial charge in [0, 0.05) is 62.0 Å². The molecule has 0 saturated carbocycles. The molecule has 0 atom stereocenters. The first-order valence-electron chi connectivity index (χ1n) is 8.59. The molecule has 6 heteroatoms. The third-order valence-corrected chi connectivity index (χ3v) is 4.75. The summed E-state index contributed by atoms with van der Waals surface area (Å²) < 4.78 is 1.88. The predicted octanol–water partition coefficient (Wildman–Crippen LogP) is 2.19. The van der Waals surface area contributed by atoms with Gasteiger partial charge in [-0.2, -0.15) is 5.10 Å². The van der Waals surface area contributed by atoms with E-state index in [1.807, 2.05) is 42.3 Å². The quantitative estimate of drug-likeness (QED) is 0.767. The van der Waals surface area contributed by atoms with E-state index in [1.54, 1.807) is 0 Å². The molecular weight excluding hydrogens is 314 g/mol. The monoisotopic (exact) mass is 335 g/mol. The second-order valence-electron chi connectivity index (χ2n) is 6.39. The van der Waals surface area contributed by atoms with Crippen molar-refractivity contribution in [3.63, 3.8) is 0 Å². The Morgan fingerprint density at radius 2 is 2.20 bits per heavy atom. The summed E-state index contributed by atoms with van der Waals surface area (Å²) in [5, 5.41) is 13.0. The predicted molar refractivity (Wildman–Crippen MR) is 97.3 cm³/mol. The van der Waals surface area contributed by atoms with Crippen LogP contribution in [-0.2, 0) is 31.2 Å². The molecule has 1 aliphatic rings. The second kappa shape index (κ2) is 6.64. The minimum atomic E-state index is -0.0144. The van der Waals surface area contributed by atoms with E-state index in [9.17, 15) is 4.79 Å². The minimum Gasteiger partial charge on any atom is -0.312 e. The number of fused-ring (bicyclic) bond motifs is 2. The van der Waals surface area contributed by atoms with E-state index >= 15 is 0 Å². The highest BCUT2D eigenvalue weighted by Gasteiger charge is 2.20. The standard InChI is InChI=1S/C19H21N5O/c1-24-17-8-9-20-12-16(17)19(23-24)22-18(25)7-6-14-11-21-10-13-4-2-3-5-15(13)14/h2-5,10-11,20H,6-9,12H2,1H3,(H,22,23,25). The van der Waals surface area contributed by atoms with Crippen molar-refractivity contribution in [2.75, 3.05) is 11.9 Å². The highest BCUT2D eigenvalue weighted by Crippen LogP contribution is 2.22. The molecule has 2 N–H and O–H groups in total. The van der Waals surface area contributed by atoms with Gasteiger partial charge < -0.3 is 10.6 Å². The molecule has 128 valence electrons. The van der Waals surface area contributed by atoms with Crippen LogP contribution in [0.4, 0.5) is 5.82 Å². The summed E-state index contributed by atoms with van der Waals surface area (Å²) in [5.74, 6) is 0.671. The minimum absolute atomic E-state index is 0.0144. The van der Waals surface area contributed by atoms with E-state index in [0.717, 1.165) is 41.4 Å². The van der Waals surface area contributed by atoms with Gasteiger partial charge in [0.15, 0.2) is 5.82 Å². The average molecular weight is 335 g/mol. The summed E-state index contributed by atoms with van der Waals surface area (Å²) >= 11 is 0. The maximum Gasteiger partial charge on any atom is 0.225 e. The van der Waals surface area contributed by atoms with E-state index < -0.39 is 0 Å². The maximum absolute atomic E-state index is 12.4. The van der Waals surface area contributed by atoms with Crippen molar-refractivity contribution in [3.05, 3.63) is 53.5 Å². The zero-order valence-corrected chi connectivity index (χ0v) is 14.2. The van der Waals surface area contributed by atoms with Gasteiger partial charge >= 0.3 is 0 Å². The van der Waals surface area contributed by atoms with Crippen LogP contribution in [0.15, 0.2) is 36.7 Å². The third kappa shape index (κ3) is 3.13. The van der Waals surface area contributed by atoms with Gasteiger partial charge in [-0.1, -0.05) is 24.3 Å². The topological polar surface area (TPSA) is 71.8 Å². The highest BCUT2D eigenvalue weighted by atomic mass is 16.1. The zero-order chi connectivity index (χ0) is 17.2. The molecule has 0 spiro atoms. The first-order chi connectivity index (χ1) is 12.2. The lowest BCUT2D eigenvalue weighted by atomic mass is 10.0. The Labute approximate surface area is 146 Å². The van der Waals surface area contributed by atoms with Crippen LogP contribution in [0, 0.1) is 0 Å². The average Bonchev–Trinajstić information content (AvgIpc) is 2.96. The first-order valence-corrected chi connectivity index (χ1v) is 8.59. The largest absolute Gasteiger partial charge is 0.312 e. The molecule has 4 rings (SSSR count). The Bertz CT molecular complexity index is 925. The fourth-order valence-electron chi connectivity index (χ4n) is 3.44. The summed E-state index contributed by atoms with van der Waals surface area (Å²) in [4.78, 5) is 16.7. The van der Waals surface area contributed by atoms with Gasteiger partial charge in [-0.15, -0.1) is 0 Å². The fraction of sp³-hybridized carbons (Fsp3) is 0.316. The van der Waals surface area contributed by atoms with Crippen LogP contribution in [0.2, 0.25) is 0 Å². The number of pyridine rings is 1. The molecule has 3 aromatic rings. The van der Waals surface area contributed by atoms with Gasteiger partial charge in [0.2, 0.25) is 5.91 Å². The molecule has 0 radical (unpaired) electrons. The molecule has 25 heavy (non-hydrogen) atoms. The Hall–Kier alpha value is -2.73. The van der Waals surface area contributed by atoms with Crippen LogP contribution >= 0.6 is 0 Å². The molecule has 1 aromatic carbocycles. The first kappa shape index (κ1) is 15.8. The maximum atomic E-state index is 12.4. The molecule has 1 aliphatic heterocycles. The number of amides is 1. The normalized spacial score (nSPS) is 13.6. The molecule has 6 nitrogen and oxygen atoms in total. The number of aryl methyl sites for hydroxylation is 2. The number of carbonyl (C=O) groups excluding carboxylic acids is 1. The number of hydrogen-bond acceptors (Lipinski definition) is 4. The highest BCUT2D eigenvalue weighted by molar-refractivity contribution is 5.91. The van der Waals surface area contributed by atoms with Crippen molar-refractivity contribution in [2.45, 2.75) is 25.8 Å². The third-order valence-electron chi connectivity index (χ3n) is 4.75. The van der Waals surface area contributed by atoms with Crippen molar-refractivity contribution >= 4 is 22.5 Å². The molecule has 0 fully saturated rings. The molecule has 0 saturated heterocycles. The summed E-state index contributed by atoms with van der Waals surface area (Å²) in [5.41, 5.74) is 3.40. The molecule has 0 unspecified atom stereocenters. The fourth-order valence-corrected chi connectivity index (χ4v) is 3.44. The SMILES string of the molecule is Cn1nc(NC(=O)CCc2cncc3ccccc23)c2c1CCNC2. The van der Waals surface area contributed by atoms with Crippen LogP contribution in [-0.4, -0.2) is 27.2 Å². The zero-order valence-electron chi connectivity index (χ0n) is 14.2. The summed E-state index contributed by atoms with van der Waals surface area (Å²) in [7, 11) is 1.93. The molecule has 0 bridgehead atoms. The number of rotatable bonds is 4. The Morgan fingerprint density at radius 3 is 3.12 bits per heavy atom. The molecule has 2 aromatic heterocycles. The molecule has 3 heterocycles. The molecular formula is C19H21N5O. The van der Waals surface area contributed by atoms with E-state index in [4.69, 9.17) is 0 Å². The summed E-state index contributed by atoms with van der Waals surface area (Å²) in [6.07, 6.45) is 5.71. The van der Waals surface area contributed by atoms with Gasteiger partial charge in [0.25, 0.3) is 0 Å². The molecule has 0 aliphatic carbocycles. The summed E-state index contributed by atoms with van der Waals surface area (Å²) in [6.45, 7) is 1.71. The van der Waals surface area contributed by atoms with E-state index in [-0.39, 0.29) is 5.91 Å². The Kier molecular flexibility index (Phi) is 4.19. The number of nitrogens with zero attached hydrogens (tertiary/aromatic N) is 3. The van der Waals surface area contributed by atoms with Crippen LogP contribution in [0.5, 0.6) is 0 Å². The summed E-state index contributed by atoms with van der Waals surface area (Å²) in [6, 6.07) is 8.13. The van der Waals surface area contributed by atoms with Gasteiger partial charge in [0.05, 0.1) is 0 Å². The van der Waals surface area contributed by atoms with Crippen LogP contribution in [0.3, 0.4) is 0 Å². The lowest BCUT2D eigenvalue weighted by Crippen LogP contribution is -2.25. The van der Waals surface area contributed by atoms with Crippen LogP contribution < -0.4 is 10.6 Å². The lowest BCUT2D eigenvalue weighted by molar-refractivity contribution is -0.116. The number of anilines is 1. The van der Waals surface area contributed by atoms with Gasteiger partial charge in [0.1, 0.15) is 0 Å². The van der Waals surface area contributed by atoms with Crippen molar-refractivity contribution in [1.82, 2.24) is 20.1 Å². The molecule has 1 amide bonds. The number of aromatic nitrogens is 3. The van der Waals surface area contributed by atoms with Crippen molar-refractivity contribution < 1.29 is 4.79 Å². The smallest absolute Gasteiger partial charge is 0.225 e. The number of hydrogen-bond donors (Lipinski definition) is 2. The van der Waals surface area contributed by atoms with E-state index in [2.05, 4.69) is 26.8 Å². The number of nitrogens with one attached hydrogen (secondary N) is 2. The number of carbonyl (C=O) groups is 1. The van der Waals surface area contributed by atoms with Crippen LogP contribution in [0.25, 0.3) is 10.8 Å². The lowest BCUT2D eigenvalue weighted by Gasteiger charge is -2.14. The van der Waals surface area contributed by atoms with Crippen molar-refractivity contribution in [3.8, 4) is 0 Å². The van der Waals surface area contributed by atoms with Crippen LogP contribution in [0.1, 0.15) is 23.2 Å². The number of benzene rings is 1.